The second kappa shape index (κ2) is 8.18. The Morgan fingerprint density at radius 3 is 2.59 bits per heavy atom. The molecule has 0 aliphatic heterocycles. The molecule has 0 radical (unpaired) electrons. The molecular formula is C14H21NOS. The van der Waals surface area contributed by atoms with Crippen molar-refractivity contribution in [2.75, 3.05) is 18.6 Å². The highest BCUT2D eigenvalue weighted by Crippen LogP contribution is 2.07. The van der Waals surface area contributed by atoms with Crippen molar-refractivity contribution in [1.82, 2.24) is 5.32 Å². The predicted octanol–water partition coefficient (Wildman–Crippen LogP) is 3.12. The lowest BCUT2D eigenvalue weighted by Gasteiger charge is -2.05. The first kappa shape index (κ1) is 14.1. The highest BCUT2D eigenvalue weighted by atomic mass is 32.2. The maximum atomic E-state index is 11.7. The average molecular weight is 251 g/mol. The lowest BCUT2D eigenvalue weighted by atomic mass is 10.1. The topological polar surface area (TPSA) is 29.1 Å². The largest absolute Gasteiger partial charge is 0.351 e. The summed E-state index contributed by atoms with van der Waals surface area (Å²) in [5.41, 5.74) is 2.07. The molecule has 0 heterocycles. The van der Waals surface area contributed by atoms with Gasteiger partial charge in [0.05, 0.1) is 0 Å². The van der Waals surface area contributed by atoms with Crippen LogP contribution in [0.15, 0.2) is 24.3 Å². The van der Waals surface area contributed by atoms with Gasteiger partial charge in [0.2, 0.25) is 0 Å². The van der Waals surface area contributed by atoms with Crippen molar-refractivity contribution in [3.63, 3.8) is 0 Å². The maximum Gasteiger partial charge on any atom is 0.251 e. The standard InChI is InChI=1S/C14H21NOS/c1-3-4-5-12-6-8-13(9-7-12)14(16)15-10-11-17-2/h6-9H,3-5,10-11H2,1-2H3,(H,15,16). The zero-order chi connectivity index (χ0) is 12.5. The smallest absolute Gasteiger partial charge is 0.251 e. The van der Waals surface area contributed by atoms with Crippen molar-refractivity contribution in [1.29, 1.82) is 0 Å². The van der Waals surface area contributed by atoms with Crippen LogP contribution >= 0.6 is 11.8 Å². The van der Waals surface area contributed by atoms with Crippen molar-refractivity contribution in [3.05, 3.63) is 35.4 Å². The van der Waals surface area contributed by atoms with Crippen LogP contribution in [0.5, 0.6) is 0 Å². The number of amides is 1. The molecule has 94 valence electrons. The van der Waals surface area contributed by atoms with E-state index in [-0.39, 0.29) is 5.91 Å². The summed E-state index contributed by atoms with van der Waals surface area (Å²) in [6.45, 7) is 2.92. The van der Waals surface area contributed by atoms with Crippen LogP contribution in [0, 0.1) is 0 Å². The van der Waals surface area contributed by atoms with Gasteiger partial charge in [0.15, 0.2) is 0 Å². The fourth-order valence-electron chi connectivity index (χ4n) is 1.57. The SMILES string of the molecule is CCCCc1ccc(C(=O)NCCSC)cc1. The van der Waals surface area contributed by atoms with Gasteiger partial charge < -0.3 is 5.32 Å². The van der Waals surface area contributed by atoms with E-state index in [1.165, 1.54) is 18.4 Å². The van der Waals surface area contributed by atoms with E-state index in [0.29, 0.717) is 0 Å². The molecule has 0 aliphatic rings. The highest BCUT2D eigenvalue weighted by Gasteiger charge is 2.03. The molecule has 1 aromatic carbocycles. The predicted molar refractivity (Wildman–Crippen MR) is 75.8 cm³/mol. The Labute approximate surface area is 108 Å². The second-order valence-corrected chi connectivity index (χ2v) is 5.03. The number of carbonyl (C=O) groups is 1. The van der Waals surface area contributed by atoms with Crippen LogP contribution in [0.2, 0.25) is 0 Å². The van der Waals surface area contributed by atoms with E-state index in [9.17, 15) is 4.79 Å². The summed E-state index contributed by atoms with van der Waals surface area (Å²) in [6.07, 6.45) is 5.55. The van der Waals surface area contributed by atoms with Gasteiger partial charge in [-0.15, -0.1) is 0 Å². The molecule has 1 aromatic rings. The lowest BCUT2D eigenvalue weighted by Crippen LogP contribution is -2.25. The Morgan fingerprint density at radius 2 is 2.00 bits per heavy atom. The molecule has 3 heteroatoms. The Hall–Kier alpha value is -0.960. The molecule has 0 aromatic heterocycles. The minimum Gasteiger partial charge on any atom is -0.351 e. The van der Waals surface area contributed by atoms with Crippen LogP contribution < -0.4 is 5.32 Å². The summed E-state index contributed by atoms with van der Waals surface area (Å²) in [4.78, 5) is 11.7. The molecule has 17 heavy (non-hydrogen) atoms. The number of hydrogen-bond donors (Lipinski definition) is 1. The van der Waals surface area contributed by atoms with E-state index >= 15 is 0 Å². The summed E-state index contributed by atoms with van der Waals surface area (Å²) in [5, 5.41) is 2.90. The van der Waals surface area contributed by atoms with Gasteiger partial charge in [-0.1, -0.05) is 25.5 Å². The first-order chi connectivity index (χ1) is 8.27. The summed E-state index contributed by atoms with van der Waals surface area (Å²) in [7, 11) is 0. The van der Waals surface area contributed by atoms with E-state index in [1.54, 1.807) is 11.8 Å². The van der Waals surface area contributed by atoms with Crippen LogP contribution in [0.1, 0.15) is 35.7 Å². The third-order valence-electron chi connectivity index (χ3n) is 2.63. The third kappa shape index (κ3) is 5.26. The number of nitrogens with one attached hydrogen (secondary N) is 1. The number of aryl methyl sites for hydroxylation is 1. The fourth-order valence-corrected chi connectivity index (χ4v) is 1.88. The van der Waals surface area contributed by atoms with Gasteiger partial charge in [0, 0.05) is 17.9 Å². The molecular weight excluding hydrogens is 230 g/mol. The zero-order valence-corrected chi connectivity index (χ0v) is 11.5. The molecule has 0 saturated heterocycles. The average Bonchev–Trinajstić information content (AvgIpc) is 2.37. The van der Waals surface area contributed by atoms with Gasteiger partial charge in [-0.25, -0.2) is 0 Å². The molecule has 0 saturated carbocycles. The zero-order valence-electron chi connectivity index (χ0n) is 10.7. The molecule has 0 bridgehead atoms. The summed E-state index contributed by atoms with van der Waals surface area (Å²) < 4.78 is 0. The summed E-state index contributed by atoms with van der Waals surface area (Å²) in [5.74, 6) is 0.987. The van der Waals surface area contributed by atoms with E-state index in [0.717, 1.165) is 24.3 Å². The van der Waals surface area contributed by atoms with Crippen LogP contribution in [0.4, 0.5) is 0 Å². The molecule has 0 fully saturated rings. The molecule has 0 unspecified atom stereocenters. The first-order valence-corrected chi connectivity index (χ1v) is 7.53. The number of unbranched alkanes of at least 4 members (excludes halogenated alkanes) is 1. The molecule has 1 amide bonds. The van der Waals surface area contributed by atoms with Crippen molar-refractivity contribution in [2.24, 2.45) is 0 Å². The van der Waals surface area contributed by atoms with Crippen LogP contribution in [-0.2, 0) is 6.42 Å². The number of carbonyl (C=O) groups excluding carboxylic acids is 1. The maximum absolute atomic E-state index is 11.7. The van der Waals surface area contributed by atoms with Gasteiger partial charge in [-0.05, 0) is 36.8 Å². The molecule has 2 nitrogen and oxygen atoms in total. The van der Waals surface area contributed by atoms with Crippen LogP contribution in [0.3, 0.4) is 0 Å². The number of thioether (sulfide) groups is 1. The van der Waals surface area contributed by atoms with Crippen molar-refractivity contribution in [3.8, 4) is 0 Å². The minimum absolute atomic E-state index is 0.0288. The molecule has 0 aliphatic carbocycles. The normalized spacial score (nSPS) is 10.2. The summed E-state index contributed by atoms with van der Waals surface area (Å²) >= 11 is 1.74. The monoisotopic (exact) mass is 251 g/mol. The van der Waals surface area contributed by atoms with Crippen molar-refractivity contribution >= 4 is 17.7 Å². The molecule has 1 N–H and O–H groups in total. The minimum atomic E-state index is 0.0288. The second-order valence-electron chi connectivity index (χ2n) is 4.05. The van der Waals surface area contributed by atoms with E-state index in [4.69, 9.17) is 0 Å². The Bertz CT molecular complexity index is 335. The van der Waals surface area contributed by atoms with E-state index in [1.807, 2.05) is 18.4 Å². The lowest BCUT2D eigenvalue weighted by molar-refractivity contribution is 0.0956. The highest BCUT2D eigenvalue weighted by molar-refractivity contribution is 7.98. The van der Waals surface area contributed by atoms with Gasteiger partial charge in [0.1, 0.15) is 0 Å². The Kier molecular flexibility index (Phi) is 6.78. The van der Waals surface area contributed by atoms with Gasteiger partial charge in [-0.3, -0.25) is 4.79 Å². The number of benzene rings is 1. The Balaban J connectivity index is 2.46. The van der Waals surface area contributed by atoms with Crippen LogP contribution in [0.25, 0.3) is 0 Å². The molecule has 0 atom stereocenters. The van der Waals surface area contributed by atoms with E-state index in [2.05, 4.69) is 24.4 Å². The summed E-state index contributed by atoms with van der Waals surface area (Å²) in [6, 6.07) is 7.94. The van der Waals surface area contributed by atoms with Crippen molar-refractivity contribution < 1.29 is 4.79 Å². The third-order valence-corrected chi connectivity index (χ3v) is 3.24. The first-order valence-electron chi connectivity index (χ1n) is 6.14. The quantitative estimate of drug-likeness (QED) is 0.754. The number of rotatable bonds is 7. The molecule has 1 rings (SSSR count). The number of hydrogen-bond acceptors (Lipinski definition) is 2. The Morgan fingerprint density at radius 1 is 1.29 bits per heavy atom. The van der Waals surface area contributed by atoms with Gasteiger partial charge >= 0.3 is 0 Å². The van der Waals surface area contributed by atoms with Crippen molar-refractivity contribution in [2.45, 2.75) is 26.2 Å². The van der Waals surface area contributed by atoms with Gasteiger partial charge in [-0.2, -0.15) is 11.8 Å². The van der Waals surface area contributed by atoms with E-state index < -0.39 is 0 Å². The molecule has 0 spiro atoms. The van der Waals surface area contributed by atoms with Crippen LogP contribution in [-0.4, -0.2) is 24.5 Å². The fraction of sp³-hybridized carbons (Fsp3) is 0.500. The van der Waals surface area contributed by atoms with Gasteiger partial charge in [0.25, 0.3) is 5.91 Å².